The molecule has 0 unspecified atom stereocenters. The lowest BCUT2D eigenvalue weighted by molar-refractivity contribution is -0.137. The largest absolute Gasteiger partial charge is 0.416 e. The van der Waals surface area contributed by atoms with E-state index in [-0.39, 0.29) is 16.7 Å². The molecule has 1 amide bonds. The van der Waals surface area contributed by atoms with Gasteiger partial charge in [-0.1, -0.05) is 12.1 Å². The van der Waals surface area contributed by atoms with Gasteiger partial charge in [-0.15, -0.1) is 0 Å². The molecule has 0 spiro atoms. The molecule has 2 heterocycles. The van der Waals surface area contributed by atoms with Crippen molar-refractivity contribution in [1.29, 1.82) is 0 Å². The van der Waals surface area contributed by atoms with Gasteiger partial charge in [-0.25, -0.2) is 18.6 Å². The van der Waals surface area contributed by atoms with E-state index in [9.17, 15) is 31.5 Å². The summed E-state index contributed by atoms with van der Waals surface area (Å²) in [6, 6.07) is 5.48. The van der Waals surface area contributed by atoms with Crippen LogP contribution in [-0.2, 0) is 24.6 Å². The molecule has 1 fully saturated rings. The van der Waals surface area contributed by atoms with E-state index in [0.717, 1.165) is 16.7 Å². The van der Waals surface area contributed by atoms with Crippen LogP contribution in [0.25, 0.3) is 22.3 Å². The molecule has 0 bridgehead atoms. The first-order valence-electron chi connectivity index (χ1n) is 9.35. The topological polar surface area (TPSA) is 68.9 Å². The third kappa shape index (κ3) is 4.04. The van der Waals surface area contributed by atoms with Crippen molar-refractivity contribution in [3.8, 4) is 11.1 Å². The molecule has 1 N–H and O–H groups in total. The second kappa shape index (κ2) is 7.17. The second-order valence-electron chi connectivity index (χ2n) is 7.60. The number of amides is 1. The van der Waals surface area contributed by atoms with Gasteiger partial charge in [0.2, 0.25) is 5.91 Å². The van der Waals surface area contributed by atoms with Crippen molar-refractivity contribution in [3.05, 3.63) is 52.6 Å². The molecule has 1 aliphatic carbocycles. The number of carbonyl (C=O) groups excluding carboxylic acids is 1. The van der Waals surface area contributed by atoms with Gasteiger partial charge in [0.1, 0.15) is 6.54 Å². The van der Waals surface area contributed by atoms with Crippen molar-refractivity contribution >= 4 is 17.1 Å². The molecule has 2 aromatic heterocycles. The summed E-state index contributed by atoms with van der Waals surface area (Å²) in [5.41, 5.74) is -0.324. The summed E-state index contributed by atoms with van der Waals surface area (Å²) in [5, 5.41) is 2.46. The van der Waals surface area contributed by atoms with Crippen LogP contribution < -0.4 is 11.0 Å². The van der Waals surface area contributed by atoms with Crippen LogP contribution in [0.4, 0.5) is 22.0 Å². The number of carbonyl (C=O) groups is 1. The van der Waals surface area contributed by atoms with E-state index >= 15 is 0 Å². The van der Waals surface area contributed by atoms with E-state index in [1.165, 1.54) is 36.0 Å². The highest BCUT2D eigenvalue weighted by molar-refractivity contribution is 5.82. The highest BCUT2D eigenvalue weighted by Gasteiger charge is 2.45. The average Bonchev–Trinajstić information content (AvgIpc) is 2.90. The lowest BCUT2D eigenvalue weighted by atomic mass is 9.88. The van der Waals surface area contributed by atoms with Crippen molar-refractivity contribution in [2.24, 2.45) is 7.05 Å². The summed E-state index contributed by atoms with van der Waals surface area (Å²) >= 11 is 0. The van der Waals surface area contributed by atoms with Gasteiger partial charge in [-0.2, -0.15) is 13.2 Å². The van der Waals surface area contributed by atoms with Gasteiger partial charge >= 0.3 is 11.9 Å². The number of benzene rings is 1. The predicted octanol–water partition coefficient (Wildman–Crippen LogP) is 3.33. The fraction of sp³-hybridized carbons (Fsp3) is 0.350. The summed E-state index contributed by atoms with van der Waals surface area (Å²) in [6.45, 7) is -0.425. The monoisotopic (exact) mass is 440 g/mol. The van der Waals surface area contributed by atoms with E-state index < -0.39 is 54.7 Å². The standard InChI is InChI=1S/C20H17F5N4O2/c1-28-17-15(29(18(28)31)10-16(30)27-14-7-19(21,22)8-14)6-12(9-26-17)11-3-2-4-13(5-11)20(23,24)25/h2-6,9,14H,7-8,10H2,1H3,(H,27,30). The number of rotatable bonds is 4. The second-order valence-corrected chi connectivity index (χ2v) is 7.60. The van der Waals surface area contributed by atoms with E-state index in [2.05, 4.69) is 10.3 Å². The quantitative estimate of drug-likeness (QED) is 0.633. The first kappa shape index (κ1) is 21.0. The van der Waals surface area contributed by atoms with Crippen molar-refractivity contribution in [1.82, 2.24) is 19.4 Å². The van der Waals surface area contributed by atoms with Crippen molar-refractivity contribution < 1.29 is 26.7 Å². The number of hydrogen-bond donors (Lipinski definition) is 1. The van der Waals surface area contributed by atoms with Gasteiger partial charge in [-0.3, -0.25) is 13.9 Å². The van der Waals surface area contributed by atoms with Gasteiger partial charge in [0.25, 0.3) is 5.92 Å². The van der Waals surface area contributed by atoms with Crippen LogP contribution in [-0.4, -0.2) is 32.0 Å². The summed E-state index contributed by atoms with van der Waals surface area (Å²) in [4.78, 5) is 29.0. The Hall–Kier alpha value is -3.24. The van der Waals surface area contributed by atoms with Gasteiger partial charge < -0.3 is 5.32 Å². The summed E-state index contributed by atoms with van der Waals surface area (Å²) in [5.74, 6) is -3.41. The molecule has 6 nitrogen and oxygen atoms in total. The molecule has 4 rings (SSSR count). The van der Waals surface area contributed by atoms with E-state index in [0.29, 0.717) is 5.56 Å². The smallest absolute Gasteiger partial charge is 0.351 e. The molecular weight excluding hydrogens is 423 g/mol. The SMILES string of the molecule is Cn1c(=O)n(CC(=O)NC2CC(F)(F)C2)c2cc(-c3cccc(C(F)(F)F)c3)cnc21. The maximum atomic E-state index is 13.0. The average molecular weight is 440 g/mol. The Morgan fingerprint density at radius 2 is 1.94 bits per heavy atom. The highest BCUT2D eigenvalue weighted by Crippen LogP contribution is 2.37. The minimum atomic E-state index is -4.52. The molecule has 1 aliphatic rings. The van der Waals surface area contributed by atoms with Crippen LogP contribution in [0.15, 0.2) is 41.3 Å². The first-order valence-corrected chi connectivity index (χ1v) is 9.35. The van der Waals surface area contributed by atoms with Gasteiger partial charge in [0, 0.05) is 37.7 Å². The lowest BCUT2D eigenvalue weighted by Crippen LogP contribution is -2.51. The van der Waals surface area contributed by atoms with E-state index in [1.54, 1.807) is 0 Å². The number of fused-ring (bicyclic) bond motifs is 1. The number of alkyl halides is 5. The number of nitrogens with one attached hydrogen (secondary N) is 1. The minimum Gasteiger partial charge on any atom is -0.351 e. The molecule has 0 radical (unpaired) electrons. The Morgan fingerprint density at radius 3 is 2.58 bits per heavy atom. The molecule has 1 aromatic carbocycles. The Labute approximate surface area is 172 Å². The van der Waals surface area contributed by atoms with Gasteiger partial charge in [0.05, 0.1) is 11.1 Å². The minimum absolute atomic E-state index is 0.240. The summed E-state index contributed by atoms with van der Waals surface area (Å²) in [6.07, 6.45) is -4.08. The zero-order valence-electron chi connectivity index (χ0n) is 16.2. The van der Waals surface area contributed by atoms with Crippen LogP contribution in [0.2, 0.25) is 0 Å². The number of nitrogens with zero attached hydrogens (tertiary/aromatic N) is 3. The normalized spacial score (nSPS) is 16.3. The van der Waals surface area contributed by atoms with Crippen molar-refractivity contribution in [2.45, 2.75) is 37.5 Å². The Bertz CT molecular complexity index is 1220. The van der Waals surface area contributed by atoms with Crippen molar-refractivity contribution in [3.63, 3.8) is 0 Å². The molecule has 3 aromatic rings. The molecule has 164 valence electrons. The van der Waals surface area contributed by atoms with Crippen molar-refractivity contribution in [2.75, 3.05) is 0 Å². The maximum absolute atomic E-state index is 13.0. The van der Waals surface area contributed by atoms with E-state index in [1.807, 2.05) is 0 Å². The molecule has 0 atom stereocenters. The molecule has 11 heteroatoms. The van der Waals surface area contributed by atoms with Crippen LogP contribution in [0.5, 0.6) is 0 Å². The Morgan fingerprint density at radius 1 is 1.23 bits per heavy atom. The number of hydrogen-bond acceptors (Lipinski definition) is 3. The lowest BCUT2D eigenvalue weighted by Gasteiger charge is -2.35. The third-order valence-corrected chi connectivity index (χ3v) is 5.25. The fourth-order valence-electron chi connectivity index (χ4n) is 3.64. The van der Waals surface area contributed by atoms with Crippen LogP contribution in [0.3, 0.4) is 0 Å². The number of pyridine rings is 1. The molecule has 31 heavy (non-hydrogen) atoms. The zero-order valence-corrected chi connectivity index (χ0v) is 16.2. The maximum Gasteiger partial charge on any atom is 0.416 e. The first-order chi connectivity index (χ1) is 14.4. The van der Waals surface area contributed by atoms with Gasteiger partial charge in [0.15, 0.2) is 5.65 Å². The van der Waals surface area contributed by atoms with Gasteiger partial charge in [-0.05, 0) is 23.8 Å². The Kier molecular flexibility index (Phi) is 4.86. The predicted molar refractivity (Wildman–Crippen MR) is 102 cm³/mol. The zero-order chi connectivity index (χ0) is 22.6. The fourth-order valence-corrected chi connectivity index (χ4v) is 3.64. The number of aromatic nitrogens is 3. The molecule has 0 aliphatic heterocycles. The summed E-state index contributed by atoms with van der Waals surface area (Å²) in [7, 11) is 1.45. The van der Waals surface area contributed by atoms with Crippen LogP contribution in [0, 0.1) is 0 Å². The highest BCUT2D eigenvalue weighted by atomic mass is 19.4. The molecule has 1 saturated carbocycles. The third-order valence-electron chi connectivity index (χ3n) is 5.25. The Balaban J connectivity index is 1.67. The number of imidazole rings is 1. The van der Waals surface area contributed by atoms with Crippen LogP contribution >= 0.6 is 0 Å². The van der Waals surface area contributed by atoms with Crippen LogP contribution in [0.1, 0.15) is 18.4 Å². The number of halogens is 5. The summed E-state index contributed by atoms with van der Waals surface area (Å²) < 4.78 is 67.3. The molecular formula is C20H17F5N4O2. The number of aryl methyl sites for hydroxylation is 1. The van der Waals surface area contributed by atoms with E-state index in [4.69, 9.17) is 0 Å². The molecule has 0 saturated heterocycles.